The van der Waals surface area contributed by atoms with Gasteiger partial charge in [-0.05, 0) is 30.5 Å². The van der Waals surface area contributed by atoms with Gasteiger partial charge in [-0.15, -0.1) is 0 Å². The van der Waals surface area contributed by atoms with E-state index in [-0.39, 0.29) is 11.4 Å². The van der Waals surface area contributed by atoms with Gasteiger partial charge in [0.2, 0.25) is 5.91 Å². The maximum Gasteiger partial charge on any atom is 0.234 e. The minimum absolute atomic E-state index is 0.117. The second-order valence-corrected chi connectivity index (χ2v) is 7.22. The van der Waals surface area contributed by atoms with Crippen LogP contribution in [0, 0.1) is 0 Å². The number of rotatable bonds is 4. The Morgan fingerprint density at radius 1 is 1.22 bits per heavy atom. The molecule has 3 rings (SSSR count). The van der Waals surface area contributed by atoms with Crippen LogP contribution in [-0.4, -0.2) is 42.5 Å². The zero-order valence-electron chi connectivity index (χ0n) is 13.6. The quantitative estimate of drug-likeness (QED) is 0.889. The Balaban J connectivity index is 1.54. The van der Waals surface area contributed by atoms with Crippen LogP contribution >= 0.6 is 11.6 Å². The molecule has 2 aliphatic rings. The van der Waals surface area contributed by atoms with Gasteiger partial charge in [-0.1, -0.05) is 43.0 Å². The topological polar surface area (TPSA) is 44.4 Å². The van der Waals surface area contributed by atoms with Crippen molar-refractivity contribution in [2.24, 2.45) is 0 Å². The average molecular weight is 336 g/mol. The van der Waals surface area contributed by atoms with E-state index in [1.807, 2.05) is 24.3 Å². The normalized spacial score (nSPS) is 21.3. The van der Waals surface area contributed by atoms with Gasteiger partial charge in [0.15, 0.2) is 0 Å². The van der Waals surface area contributed by atoms with E-state index in [9.17, 15) is 4.79 Å². The molecule has 2 fully saturated rings. The summed E-state index contributed by atoms with van der Waals surface area (Å²) < 4.78 is 0. The molecule has 0 radical (unpaired) electrons. The fourth-order valence-corrected chi connectivity index (χ4v) is 3.99. The number of benzene rings is 1. The van der Waals surface area contributed by atoms with Gasteiger partial charge in [-0.2, -0.15) is 0 Å². The molecule has 126 valence electrons. The van der Waals surface area contributed by atoms with Crippen LogP contribution in [0.1, 0.15) is 37.7 Å². The van der Waals surface area contributed by atoms with Crippen LogP contribution in [-0.2, 0) is 11.3 Å². The fraction of sp³-hybridized carbons (Fsp3) is 0.611. The summed E-state index contributed by atoms with van der Waals surface area (Å²) in [4.78, 5) is 14.8. The van der Waals surface area contributed by atoms with Crippen molar-refractivity contribution in [3.05, 3.63) is 34.9 Å². The summed E-state index contributed by atoms with van der Waals surface area (Å²) in [5.41, 5.74) is 1.28. The van der Waals surface area contributed by atoms with E-state index in [1.165, 1.54) is 32.1 Å². The van der Waals surface area contributed by atoms with Crippen molar-refractivity contribution in [3.63, 3.8) is 0 Å². The molecule has 5 heteroatoms. The summed E-state index contributed by atoms with van der Waals surface area (Å²) in [7, 11) is 0. The number of carbonyl (C=O) groups excluding carboxylic acids is 1. The number of hydrogen-bond donors (Lipinski definition) is 2. The molecule has 23 heavy (non-hydrogen) atoms. The molecule has 1 heterocycles. The first-order valence-electron chi connectivity index (χ1n) is 8.65. The number of carbonyl (C=O) groups is 1. The first kappa shape index (κ1) is 16.7. The van der Waals surface area contributed by atoms with E-state index in [0.717, 1.165) is 30.2 Å². The fourth-order valence-electron chi connectivity index (χ4n) is 3.87. The molecule has 1 saturated heterocycles. The number of nitrogens with zero attached hydrogens (tertiary/aromatic N) is 1. The molecule has 1 spiro atoms. The van der Waals surface area contributed by atoms with E-state index in [0.29, 0.717) is 13.1 Å². The highest BCUT2D eigenvalue weighted by atomic mass is 35.5. The van der Waals surface area contributed by atoms with Crippen LogP contribution in [0.15, 0.2) is 24.3 Å². The van der Waals surface area contributed by atoms with Crippen molar-refractivity contribution in [2.45, 2.75) is 44.2 Å². The van der Waals surface area contributed by atoms with Gasteiger partial charge in [-0.25, -0.2) is 0 Å². The number of nitrogens with one attached hydrogen (secondary N) is 2. The molecule has 1 amide bonds. The Hall–Kier alpha value is -1.10. The molecule has 2 N–H and O–H groups in total. The van der Waals surface area contributed by atoms with Crippen molar-refractivity contribution in [2.75, 3.05) is 26.2 Å². The van der Waals surface area contributed by atoms with Gasteiger partial charge in [-0.3, -0.25) is 9.69 Å². The summed E-state index contributed by atoms with van der Waals surface area (Å²) in [5.74, 6) is 0.117. The Labute approximate surface area is 143 Å². The van der Waals surface area contributed by atoms with Gasteiger partial charge in [0.05, 0.1) is 6.54 Å². The predicted molar refractivity (Wildman–Crippen MR) is 93.6 cm³/mol. The first-order chi connectivity index (χ1) is 11.2. The molecule has 1 aromatic carbocycles. The molecule has 1 aliphatic carbocycles. The van der Waals surface area contributed by atoms with Gasteiger partial charge < -0.3 is 10.6 Å². The largest absolute Gasteiger partial charge is 0.351 e. The molecule has 1 aliphatic heterocycles. The summed E-state index contributed by atoms with van der Waals surface area (Å²) in [6.07, 6.45) is 6.32. The zero-order valence-corrected chi connectivity index (χ0v) is 14.4. The smallest absolute Gasteiger partial charge is 0.234 e. The third-order valence-electron chi connectivity index (χ3n) is 5.21. The SMILES string of the molecule is O=C(CN1CCNCC12CCCCC2)NCc1ccc(Cl)cc1. The Kier molecular flexibility index (Phi) is 5.57. The van der Waals surface area contributed by atoms with E-state index in [1.54, 1.807) is 0 Å². The summed E-state index contributed by atoms with van der Waals surface area (Å²) in [5, 5.41) is 7.29. The van der Waals surface area contributed by atoms with E-state index < -0.39 is 0 Å². The summed E-state index contributed by atoms with van der Waals surface area (Å²) in [6, 6.07) is 7.62. The van der Waals surface area contributed by atoms with Crippen LogP contribution in [0.3, 0.4) is 0 Å². The van der Waals surface area contributed by atoms with Gasteiger partial charge in [0.1, 0.15) is 0 Å². The Bertz CT molecular complexity index is 517. The summed E-state index contributed by atoms with van der Waals surface area (Å²) in [6.45, 7) is 4.04. The highest BCUT2D eigenvalue weighted by Crippen LogP contribution is 2.34. The minimum atomic E-state index is 0.117. The molecule has 1 saturated carbocycles. The van der Waals surface area contributed by atoms with Crippen LogP contribution < -0.4 is 10.6 Å². The van der Waals surface area contributed by atoms with Crippen LogP contribution in [0.5, 0.6) is 0 Å². The number of piperazine rings is 1. The molecule has 0 atom stereocenters. The Morgan fingerprint density at radius 2 is 1.96 bits per heavy atom. The molecule has 0 aromatic heterocycles. The highest BCUT2D eigenvalue weighted by Gasteiger charge is 2.40. The number of halogens is 1. The van der Waals surface area contributed by atoms with Gasteiger partial charge >= 0.3 is 0 Å². The van der Waals surface area contributed by atoms with E-state index in [4.69, 9.17) is 11.6 Å². The third kappa shape index (κ3) is 4.25. The molecule has 1 aromatic rings. The monoisotopic (exact) mass is 335 g/mol. The van der Waals surface area contributed by atoms with Crippen molar-refractivity contribution in [1.82, 2.24) is 15.5 Å². The van der Waals surface area contributed by atoms with Gasteiger partial charge in [0.25, 0.3) is 0 Å². The van der Waals surface area contributed by atoms with Crippen molar-refractivity contribution in [1.29, 1.82) is 0 Å². The van der Waals surface area contributed by atoms with E-state index in [2.05, 4.69) is 15.5 Å². The average Bonchev–Trinajstić information content (AvgIpc) is 2.57. The second kappa shape index (κ2) is 7.65. The lowest BCUT2D eigenvalue weighted by molar-refractivity contribution is -0.125. The lowest BCUT2D eigenvalue weighted by Crippen LogP contribution is -2.63. The van der Waals surface area contributed by atoms with Gasteiger partial charge in [0, 0.05) is 36.7 Å². The molecule has 4 nitrogen and oxygen atoms in total. The third-order valence-corrected chi connectivity index (χ3v) is 5.46. The first-order valence-corrected chi connectivity index (χ1v) is 9.03. The van der Waals surface area contributed by atoms with Crippen LogP contribution in [0.4, 0.5) is 0 Å². The van der Waals surface area contributed by atoms with E-state index >= 15 is 0 Å². The molecular formula is C18H26ClN3O. The lowest BCUT2D eigenvalue weighted by atomic mass is 9.79. The van der Waals surface area contributed by atoms with Crippen LogP contribution in [0.25, 0.3) is 0 Å². The predicted octanol–water partition coefficient (Wildman–Crippen LogP) is 2.56. The number of amides is 1. The standard InChI is InChI=1S/C18H26ClN3O/c19-16-6-4-15(5-7-16)12-21-17(23)13-22-11-10-20-14-18(22)8-2-1-3-9-18/h4-7,20H,1-3,8-14H2,(H,21,23). The van der Waals surface area contributed by atoms with Crippen molar-refractivity contribution in [3.8, 4) is 0 Å². The zero-order chi connectivity index (χ0) is 16.1. The maximum absolute atomic E-state index is 12.4. The second-order valence-electron chi connectivity index (χ2n) is 6.79. The molecule has 0 unspecified atom stereocenters. The molecular weight excluding hydrogens is 310 g/mol. The van der Waals surface area contributed by atoms with Crippen molar-refractivity contribution >= 4 is 17.5 Å². The van der Waals surface area contributed by atoms with Crippen LogP contribution in [0.2, 0.25) is 5.02 Å². The summed E-state index contributed by atoms with van der Waals surface area (Å²) >= 11 is 5.89. The molecule has 0 bridgehead atoms. The Morgan fingerprint density at radius 3 is 2.70 bits per heavy atom. The maximum atomic E-state index is 12.4. The minimum Gasteiger partial charge on any atom is -0.351 e. The highest BCUT2D eigenvalue weighted by molar-refractivity contribution is 6.30. The van der Waals surface area contributed by atoms with Crippen molar-refractivity contribution < 1.29 is 4.79 Å². The lowest BCUT2D eigenvalue weighted by Gasteiger charge is -2.49. The number of hydrogen-bond acceptors (Lipinski definition) is 3.